The molecule has 0 spiro atoms. The topological polar surface area (TPSA) is 101 Å². The maximum Gasteiger partial charge on any atom is 0.269 e. The molecule has 1 atom stereocenters. The van der Waals surface area contributed by atoms with Crippen LogP contribution in [0.4, 0.5) is 14.6 Å². The van der Waals surface area contributed by atoms with Crippen molar-refractivity contribution in [2.24, 2.45) is 0 Å². The van der Waals surface area contributed by atoms with Crippen molar-refractivity contribution in [3.05, 3.63) is 82.9 Å². The van der Waals surface area contributed by atoms with Gasteiger partial charge in [-0.25, -0.2) is 28.7 Å². The second-order valence-electron chi connectivity index (χ2n) is 7.12. The molecule has 0 unspecified atom stereocenters. The van der Waals surface area contributed by atoms with Crippen molar-refractivity contribution >= 4 is 27.9 Å². The maximum atomic E-state index is 14.8. The van der Waals surface area contributed by atoms with E-state index < -0.39 is 23.2 Å². The first-order valence-corrected chi connectivity index (χ1v) is 9.95. The number of rotatable bonds is 5. The van der Waals surface area contributed by atoms with Crippen LogP contribution in [0, 0.1) is 11.6 Å². The molecule has 0 saturated heterocycles. The highest BCUT2D eigenvalue weighted by atomic mass is 19.1. The number of hydrogen-bond acceptors (Lipinski definition) is 6. The first-order valence-electron chi connectivity index (χ1n) is 9.95. The summed E-state index contributed by atoms with van der Waals surface area (Å²) in [4.78, 5) is 33.5. The standard InChI is InChI=1S/C22H17F2N7O/c1-2-14(29-20-18-19(26-10-25-18)27-11-28-20)21-30-15-8-5-7-13(24)17(15)22(32)31(21)16-9-4-3-6-12(16)23/h3-11,14H,2H2,1H3,(H2,25,26,27,28,29)/t14-/m0/s1. The Balaban J connectivity index is 1.76. The minimum Gasteiger partial charge on any atom is -0.358 e. The number of halogens is 2. The van der Waals surface area contributed by atoms with E-state index >= 15 is 0 Å². The SMILES string of the molecule is CC[C@H](Nc1ncnc2[nH]cnc12)c1nc2cccc(F)c2c(=O)n1-c1ccccc1F. The number of nitrogens with one attached hydrogen (secondary N) is 2. The molecule has 0 aliphatic rings. The molecule has 10 heteroatoms. The molecule has 160 valence electrons. The molecule has 0 aliphatic carbocycles. The minimum atomic E-state index is -0.716. The molecule has 0 fully saturated rings. The van der Waals surface area contributed by atoms with Crippen molar-refractivity contribution < 1.29 is 8.78 Å². The van der Waals surface area contributed by atoms with Gasteiger partial charge < -0.3 is 10.3 Å². The summed E-state index contributed by atoms with van der Waals surface area (Å²) in [6, 6.07) is 9.47. The van der Waals surface area contributed by atoms with Crippen molar-refractivity contribution in [3.8, 4) is 5.69 Å². The van der Waals surface area contributed by atoms with E-state index in [0.717, 1.165) is 4.57 Å². The van der Waals surface area contributed by atoms with Gasteiger partial charge in [-0.2, -0.15) is 0 Å². The first-order chi connectivity index (χ1) is 15.6. The zero-order valence-corrected chi connectivity index (χ0v) is 16.9. The Morgan fingerprint density at radius 2 is 1.88 bits per heavy atom. The minimum absolute atomic E-state index is 0.0157. The fourth-order valence-corrected chi connectivity index (χ4v) is 3.69. The van der Waals surface area contributed by atoms with E-state index in [0.29, 0.717) is 23.4 Å². The molecular formula is C22H17F2N7O. The molecule has 5 aromatic rings. The highest BCUT2D eigenvalue weighted by Crippen LogP contribution is 2.27. The lowest BCUT2D eigenvalue weighted by Crippen LogP contribution is -2.29. The van der Waals surface area contributed by atoms with Gasteiger partial charge in [0.25, 0.3) is 5.56 Å². The Morgan fingerprint density at radius 3 is 2.69 bits per heavy atom. The second-order valence-corrected chi connectivity index (χ2v) is 7.12. The van der Waals surface area contributed by atoms with Crippen LogP contribution in [0.15, 0.2) is 59.9 Å². The summed E-state index contributed by atoms with van der Waals surface area (Å²) in [6.07, 6.45) is 3.35. The summed E-state index contributed by atoms with van der Waals surface area (Å²) in [6.45, 7) is 1.88. The number of hydrogen-bond donors (Lipinski definition) is 2. The summed E-state index contributed by atoms with van der Waals surface area (Å²) in [7, 11) is 0. The molecule has 8 nitrogen and oxygen atoms in total. The summed E-state index contributed by atoms with van der Waals surface area (Å²) in [5.74, 6) is -0.689. The van der Waals surface area contributed by atoms with Gasteiger partial charge in [-0.05, 0) is 30.7 Å². The van der Waals surface area contributed by atoms with Crippen LogP contribution < -0.4 is 10.9 Å². The van der Waals surface area contributed by atoms with Crippen molar-refractivity contribution in [2.45, 2.75) is 19.4 Å². The fraction of sp³-hybridized carbons (Fsp3) is 0.136. The van der Waals surface area contributed by atoms with Crippen LogP contribution in [0.5, 0.6) is 0 Å². The molecule has 0 amide bonds. The lowest BCUT2D eigenvalue weighted by Gasteiger charge is -2.22. The number of nitrogens with zero attached hydrogens (tertiary/aromatic N) is 5. The molecule has 0 saturated carbocycles. The Hall–Kier alpha value is -4.21. The molecule has 3 aromatic heterocycles. The zero-order valence-electron chi connectivity index (χ0n) is 16.9. The molecular weight excluding hydrogens is 416 g/mol. The van der Waals surface area contributed by atoms with E-state index in [1.54, 1.807) is 12.1 Å². The van der Waals surface area contributed by atoms with Crippen molar-refractivity contribution in [3.63, 3.8) is 0 Å². The molecule has 3 heterocycles. The molecule has 0 aliphatic heterocycles. The van der Waals surface area contributed by atoms with Gasteiger partial charge in [-0.15, -0.1) is 0 Å². The van der Waals surface area contributed by atoms with Crippen LogP contribution >= 0.6 is 0 Å². The summed E-state index contributed by atoms with van der Waals surface area (Å²) in [5.41, 5.74) is 0.527. The lowest BCUT2D eigenvalue weighted by molar-refractivity contribution is 0.596. The van der Waals surface area contributed by atoms with Gasteiger partial charge in [-0.3, -0.25) is 9.36 Å². The predicted octanol–water partition coefficient (Wildman–Crippen LogP) is 3.89. The Bertz CT molecular complexity index is 1510. The van der Waals surface area contributed by atoms with Crippen molar-refractivity contribution in [1.29, 1.82) is 0 Å². The number of fused-ring (bicyclic) bond motifs is 2. The fourth-order valence-electron chi connectivity index (χ4n) is 3.69. The van der Waals surface area contributed by atoms with Crippen LogP contribution in [0.3, 0.4) is 0 Å². The van der Waals surface area contributed by atoms with Gasteiger partial charge in [0.05, 0.1) is 23.6 Å². The molecule has 2 aromatic carbocycles. The van der Waals surface area contributed by atoms with Crippen LogP contribution in [-0.2, 0) is 0 Å². The summed E-state index contributed by atoms with van der Waals surface area (Å²) >= 11 is 0. The molecule has 2 N–H and O–H groups in total. The van der Waals surface area contributed by atoms with Crippen LogP contribution in [0.1, 0.15) is 25.2 Å². The number of para-hydroxylation sites is 1. The molecule has 5 rings (SSSR count). The van der Waals surface area contributed by atoms with Gasteiger partial charge in [0.15, 0.2) is 11.5 Å². The zero-order chi connectivity index (χ0) is 22.2. The maximum absolute atomic E-state index is 14.8. The van der Waals surface area contributed by atoms with Gasteiger partial charge in [0, 0.05) is 0 Å². The summed E-state index contributed by atoms with van der Waals surface area (Å²) in [5, 5.41) is 3.04. The third kappa shape index (κ3) is 3.16. The number of H-pyrrole nitrogens is 1. The largest absolute Gasteiger partial charge is 0.358 e. The Labute approximate surface area is 180 Å². The van der Waals surface area contributed by atoms with Crippen molar-refractivity contribution in [1.82, 2.24) is 29.5 Å². The number of anilines is 1. The second kappa shape index (κ2) is 7.80. The lowest BCUT2D eigenvalue weighted by atomic mass is 10.1. The first kappa shape index (κ1) is 19.7. The average Bonchev–Trinajstić information content (AvgIpc) is 3.28. The number of aromatic amines is 1. The van der Waals surface area contributed by atoms with Crippen LogP contribution in [-0.4, -0.2) is 29.5 Å². The molecule has 0 bridgehead atoms. The number of benzene rings is 2. The molecule has 32 heavy (non-hydrogen) atoms. The summed E-state index contributed by atoms with van der Waals surface area (Å²) < 4.78 is 30.4. The number of aromatic nitrogens is 6. The monoisotopic (exact) mass is 433 g/mol. The quantitative estimate of drug-likeness (QED) is 0.436. The van der Waals surface area contributed by atoms with E-state index in [4.69, 9.17) is 0 Å². The Kier molecular flexibility index (Phi) is 4.81. The van der Waals surface area contributed by atoms with Crippen molar-refractivity contribution in [2.75, 3.05) is 5.32 Å². The van der Waals surface area contributed by atoms with Gasteiger partial charge in [-0.1, -0.05) is 25.1 Å². The van der Waals surface area contributed by atoms with E-state index in [1.165, 1.54) is 43.0 Å². The van der Waals surface area contributed by atoms with Gasteiger partial charge in [0.1, 0.15) is 34.7 Å². The highest BCUT2D eigenvalue weighted by Gasteiger charge is 2.24. The molecule has 0 radical (unpaired) electrons. The third-order valence-corrected chi connectivity index (χ3v) is 5.21. The third-order valence-electron chi connectivity index (χ3n) is 5.21. The smallest absolute Gasteiger partial charge is 0.269 e. The van der Waals surface area contributed by atoms with E-state index in [1.807, 2.05) is 6.92 Å². The van der Waals surface area contributed by atoms with Gasteiger partial charge in [0.2, 0.25) is 0 Å². The Morgan fingerprint density at radius 1 is 1.06 bits per heavy atom. The van der Waals surface area contributed by atoms with E-state index in [-0.39, 0.29) is 22.4 Å². The van der Waals surface area contributed by atoms with Crippen LogP contribution in [0.2, 0.25) is 0 Å². The predicted molar refractivity (Wildman–Crippen MR) is 116 cm³/mol. The highest BCUT2D eigenvalue weighted by molar-refractivity contribution is 5.82. The number of imidazole rings is 1. The van der Waals surface area contributed by atoms with Gasteiger partial charge >= 0.3 is 0 Å². The average molecular weight is 433 g/mol. The normalized spacial score (nSPS) is 12.3. The van der Waals surface area contributed by atoms with E-state index in [2.05, 4.69) is 30.2 Å². The van der Waals surface area contributed by atoms with Crippen LogP contribution in [0.25, 0.3) is 27.8 Å². The van der Waals surface area contributed by atoms with E-state index in [9.17, 15) is 13.6 Å².